The first-order valence-electron chi connectivity index (χ1n) is 9.40. The van der Waals surface area contributed by atoms with Crippen LogP contribution >= 0.6 is 15.9 Å². The normalized spacial score (nSPS) is 17.6. The molecule has 150 valence electrons. The topological polar surface area (TPSA) is 87.3 Å². The Balaban J connectivity index is 1.79. The van der Waals surface area contributed by atoms with Gasteiger partial charge in [0.15, 0.2) is 6.10 Å². The molecule has 0 radical (unpaired) electrons. The van der Waals surface area contributed by atoms with Crippen molar-refractivity contribution < 1.29 is 14.3 Å². The Morgan fingerprint density at radius 1 is 1.32 bits per heavy atom. The maximum Gasteiger partial charge on any atom is 0.407 e. The summed E-state index contributed by atoms with van der Waals surface area (Å²) in [6.45, 7) is 4.36. The van der Waals surface area contributed by atoms with E-state index in [-0.39, 0.29) is 17.9 Å². The molecule has 2 N–H and O–H groups in total. The first-order chi connectivity index (χ1) is 13.4. The van der Waals surface area contributed by atoms with Crippen LogP contribution in [0.1, 0.15) is 38.6 Å². The molecular weight excluding hydrogens is 424 g/mol. The molecule has 1 aromatic heterocycles. The minimum Gasteiger partial charge on any atom is -0.436 e. The van der Waals surface area contributed by atoms with Crippen molar-refractivity contribution in [1.82, 2.24) is 20.2 Å². The van der Waals surface area contributed by atoms with Gasteiger partial charge in [-0.15, -0.1) is 0 Å². The fourth-order valence-electron chi connectivity index (χ4n) is 3.41. The lowest BCUT2D eigenvalue weighted by molar-refractivity contribution is -0.143. The van der Waals surface area contributed by atoms with Crippen molar-refractivity contribution >= 4 is 27.9 Å². The van der Waals surface area contributed by atoms with Crippen LogP contribution < -0.4 is 5.32 Å². The van der Waals surface area contributed by atoms with Gasteiger partial charge in [-0.2, -0.15) is 0 Å². The number of hydrogen-bond donors (Lipinski definition) is 2. The molecule has 7 nitrogen and oxygen atoms in total. The van der Waals surface area contributed by atoms with Crippen LogP contribution in [0.2, 0.25) is 0 Å². The fraction of sp³-hybridized carbons (Fsp3) is 0.450. The number of carbonyl (C=O) groups excluding carboxylic acids is 2. The van der Waals surface area contributed by atoms with Crippen LogP contribution in [0.15, 0.2) is 34.9 Å². The molecule has 2 atom stereocenters. The Morgan fingerprint density at radius 2 is 2.04 bits per heavy atom. The number of nitrogens with zero attached hydrogens (tertiary/aromatic N) is 2. The summed E-state index contributed by atoms with van der Waals surface area (Å²) in [6, 6.07) is 7.82. The van der Waals surface area contributed by atoms with Gasteiger partial charge in [-0.3, -0.25) is 4.79 Å². The van der Waals surface area contributed by atoms with Crippen LogP contribution in [0.25, 0.3) is 11.3 Å². The minimum absolute atomic E-state index is 0.124. The molecule has 1 fully saturated rings. The first-order valence-corrected chi connectivity index (χ1v) is 10.2. The molecule has 0 bridgehead atoms. The zero-order valence-corrected chi connectivity index (χ0v) is 17.8. The summed E-state index contributed by atoms with van der Waals surface area (Å²) in [5.74, 6) is 0.454. The van der Waals surface area contributed by atoms with Crippen LogP contribution in [0.4, 0.5) is 4.79 Å². The smallest absolute Gasteiger partial charge is 0.407 e. The van der Waals surface area contributed by atoms with E-state index in [0.29, 0.717) is 6.54 Å². The molecular formula is C20H25BrN4O3. The summed E-state index contributed by atoms with van der Waals surface area (Å²) >= 11 is 3.44. The average Bonchev–Trinajstić information content (AvgIpc) is 3.34. The highest BCUT2D eigenvalue weighted by Crippen LogP contribution is 2.33. The van der Waals surface area contributed by atoms with E-state index in [4.69, 9.17) is 4.74 Å². The van der Waals surface area contributed by atoms with Gasteiger partial charge in [-0.1, -0.05) is 41.9 Å². The quantitative estimate of drug-likeness (QED) is 0.726. The molecule has 0 spiro atoms. The van der Waals surface area contributed by atoms with Crippen molar-refractivity contribution in [3.8, 4) is 11.3 Å². The van der Waals surface area contributed by atoms with Gasteiger partial charge in [0.1, 0.15) is 5.82 Å². The number of aromatic amines is 1. The second-order valence-corrected chi connectivity index (χ2v) is 8.11. The van der Waals surface area contributed by atoms with E-state index < -0.39 is 12.2 Å². The number of ether oxygens (including phenoxy) is 1. The van der Waals surface area contributed by atoms with Crippen molar-refractivity contribution in [2.45, 2.75) is 38.8 Å². The van der Waals surface area contributed by atoms with E-state index >= 15 is 0 Å². The van der Waals surface area contributed by atoms with Gasteiger partial charge in [0.25, 0.3) is 5.91 Å². The lowest BCUT2D eigenvalue weighted by Crippen LogP contribution is -2.45. The summed E-state index contributed by atoms with van der Waals surface area (Å²) in [5.41, 5.74) is 1.93. The Kier molecular flexibility index (Phi) is 6.39. The second kappa shape index (κ2) is 8.77. The molecule has 2 amide bonds. The third kappa shape index (κ3) is 4.38. The van der Waals surface area contributed by atoms with E-state index in [0.717, 1.165) is 34.4 Å². The number of hydrogen-bond acceptors (Lipinski definition) is 4. The maximum absolute atomic E-state index is 13.1. The number of amides is 2. The van der Waals surface area contributed by atoms with Crippen molar-refractivity contribution in [1.29, 1.82) is 0 Å². The molecule has 2 heterocycles. The van der Waals surface area contributed by atoms with Crippen LogP contribution in [-0.2, 0) is 9.53 Å². The molecule has 0 unspecified atom stereocenters. The Morgan fingerprint density at radius 3 is 2.68 bits per heavy atom. The molecule has 2 aromatic rings. The van der Waals surface area contributed by atoms with Crippen LogP contribution in [0.5, 0.6) is 0 Å². The molecule has 0 saturated carbocycles. The second-order valence-electron chi connectivity index (χ2n) is 7.20. The molecule has 0 aliphatic carbocycles. The molecule has 1 aromatic carbocycles. The van der Waals surface area contributed by atoms with E-state index in [1.807, 2.05) is 38.1 Å². The number of alkyl carbamates (subject to hydrolysis) is 1. The highest BCUT2D eigenvalue weighted by atomic mass is 79.9. The van der Waals surface area contributed by atoms with Gasteiger partial charge in [-0.05, 0) is 36.5 Å². The van der Waals surface area contributed by atoms with Crippen molar-refractivity contribution in [3.05, 3.63) is 40.8 Å². The minimum atomic E-state index is -0.818. The molecule has 3 rings (SSSR count). The van der Waals surface area contributed by atoms with Crippen LogP contribution in [0, 0.1) is 5.92 Å². The average molecular weight is 449 g/mol. The van der Waals surface area contributed by atoms with Gasteiger partial charge in [0.2, 0.25) is 0 Å². The van der Waals surface area contributed by atoms with Gasteiger partial charge in [0, 0.05) is 18.1 Å². The van der Waals surface area contributed by atoms with Gasteiger partial charge in [0.05, 0.1) is 17.9 Å². The number of nitrogens with one attached hydrogen (secondary N) is 2. The molecule has 1 aliphatic rings. The van der Waals surface area contributed by atoms with Crippen molar-refractivity contribution in [3.63, 3.8) is 0 Å². The summed E-state index contributed by atoms with van der Waals surface area (Å²) < 4.78 is 6.34. The number of carbonyl (C=O) groups is 2. The summed E-state index contributed by atoms with van der Waals surface area (Å²) in [6.07, 6.45) is 2.08. The number of H-pyrrole nitrogens is 1. The number of halogens is 1. The number of aromatic nitrogens is 2. The van der Waals surface area contributed by atoms with Gasteiger partial charge in [-0.25, -0.2) is 9.78 Å². The maximum atomic E-state index is 13.1. The number of likely N-dealkylation sites (tertiary alicyclic amines) is 1. The Hall–Kier alpha value is -2.35. The lowest BCUT2D eigenvalue weighted by atomic mass is 10.1. The summed E-state index contributed by atoms with van der Waals surface area (Å²) in [4.78, 5) is 34.4. The zero-order chi connectivity index (χ0) is 20.3. The summed E-state index contributed by atoms with van der Waals surface area (Å²) in [7, 11) is 1.48. The zero-order valence-electron chi connectivity index (χ0n) is 16.2. The highest BCUT2D eigenvalue weighted by molar-refractivity contribution is 9.10. The largest absolute Gasteiger partial charge is 0.436 e. The molecule has 8 heteroatoms. The Bertz CT molecular complexity index is 834. The standard InChI is InChI=1S/C20H25BrN4O3/c1-12(2)17(28-20(27)22-3)19(26)25-10-4-5-16(25)18-23-11-15(24-18)13-6-8-14(21)9-7-13/h6-9,11-12,16-17H,4-5,10H2,1-3H3,(H,22,27)(H,23,24)/t16-,17-/m0/s1. The highest BCUT2D eigenvalue weighted by Gasteiger charge is 2.38. The summed E-state index contributed by atoms with van der Waals surface area (Å²) in [5, 5.41) is 2.41. The van der Waals surface area contributed by atoms with Crippen molar-refractivity contribution in [2.75, 3.05) is 13.6 Å². The van der Waals surface area contributed by atoms with Crippen LogP contribution in [-0.4, -0.2) is 46.6 Å². The third-order valence-electron chi connectivity index (χ3n) is 4.89. The lowest BCUT2D eigenvalue weighted by Gasteiger charge is -2.29. The van der Waals surface area contributed by atoms with E-state index in [2.05, 4.69) is 31.2 Å². The Labute approximate surface area is 173 Å². The predicted molar refractivity (Wildman–Crippen MR) is 110 cm³/mol. The van der Waals surface area contributed by atoms with Gasteiger partial charge >= 0.3 is 6.09 Å². The number of imidazole rings is 1. The monoisotopic (exact) mass is 448 g/mol. The number of benzene rings is 1. The van der Waals surface area contributed by atoms with E-state index in [1.54, 1.807) is 11.1 Å². The number of rotatable bonds is 5. The van der Waals surface area contributed by atoms with Crippen LogP contribution in [0.3, 0.4) is 0 Å². The first kappa shape index (κ1) is 20.4. The molecule has 1 saturated heterocycles. The predicted octanol–water partition coefficient (Wildman–Crippen LogP) is 3.88. The molecule has 28 heavy (non-hydrogen) atoms. The van der Waals surface area contributed by atoms with Gasteiger partial charge < -0.3 is 19.9 Å². The van der Waals surface area contributed by atoms with E-state index in [9.17, 15) is 9.59 Å². The fourth-order valence-corrected chi connectivity index (χ4v) is 3.67. The van der Waals surface area contributed by atoms with Crippen molar-refractivity contribution in [2.24, 2.45) is 5.92 Å². The molecule has 1 aliphatic heterocycles. The SMILES string of the molecule is CNC(=O)O[C@H](C(=O)N1CCC[C@H]1c1ncc(-c2ccc(Br)cc2)[nH]1)C(C)C. The third-order valence-corrected chi connectivity index (χ3v) is 5.42. The van der Waals surface area contributed by atoms with E-state index in [1.165, 1.54) is 7.05 Å².